The molecule has 29 heteroatoms. The Hall–Kier alpha value is -10.9. The molecule has 5 aliphatic rings. The number of fused-ring (bicyclic) bond motifs is 3. The molecule has 2 bridgehead atoms. The van der Waals surface area contributed by atoms with Crippen LogP contribution in [0.15, 0.2) is 252 Å². The number of carbonyl (C=O) groups is 5. The summed E-state index contributed by atoms with van der Waals surface area (Å²) >= 11 is 6.31. The van der Waals surface area contributed by atoms with Gasteiger partial charge in [0, 0.05) is 88.6 Å². The maximum atomic E-state index is 13.2. The van der Waals surface area contributed by atoms with Crippen molar-refractivity contribution in [1.29, 1.82) is 0 Å². The Bertz CT molecular complexity index is 5650. The summed E-state index contributed by atoms with van der Waals surface area (Å²) in [7, 11) is -4.15. The van der Waals surface area contributed by atoms with E-state index in [4.69, 9.17) is 18.2 Å². The number of furan rings is 1. The lowest BCUT2D eigenvalue weighted by Crippen LogP contribution is -2.43. The first kappa shape index (κ1) is 80.1. The number of para-hydroxylation sites is 1. The minimum absolute atomic E-state index is 0.0176. The van der Waals surface area contributed by atoms with Gasteiger partial charge in [0.05, 0.1) is 51.6 Å². The number of methoxy groups -OCH3 is 1. The van der Waals surface area contributed by atoms with Crippen LogP contribution >= 0.6 is 38.6 Å². The second-order valence-electron chi connectivity index (χ2n) is 28.0. The third kappa shape index (κ3) is 18.9. The van der Waals surface area contributed by atoms with Crippen molar-refractivity contribution in [2.45, 2.75) is 83.2 Å². The Morgan fingerprint density at radius 3 is 2.28 bits per heavy atom. The van der Waals surface area contributed by atoms with E-state index in [1.54, 1.807) is 106 Å². The van der Waals surface area contributed by atoms with Gasteiger partial charge < -0.3 is 33.7 Å². The first-order chi connectivity index (χ1) is 54.4. The second-order valence-corrected chi connectivity index (χ2v) is 34.7. The lowest BCUT2D eigenvalue weighted by Gasteiger charge is -2.36. The number of allylic oxidation sites excluding steroid dienone is 6. The summed E-state index contributed by atoms with van der Waals surface area (Å²) in [6, 6.07) is 49.4. The van der Waals surface area contributed by atoms with Gasteiger partial charge in [-0.05, 0) is 179 Å². The van der Waals surface area contributed by atoms with Gasteiger partial charge >= 0.3 is 0 Å². The number of thiophene rings is 2. The summed E-state index contributed by atoms with van der Waals surface area (Å²) in [6.45, 7) is 5.73. The van der Waals surface area contributed by atoms with Crippen LogP contribution in [0.2, 0.25) is 0 Å². The molecule has 0 spiro atoms. The average Bonchev–Trinajstić information content (AvgIpc) is 1.55. The molecule has 3 amide bonds. The van der Waals surface area contributed by atoms with Crippen molar-refractivity contribution in [2.75, 3.05) is 47.5 Å². The predicted molar refractivity (Wildman–Crippen MR) is 434 cm³/mol. The summed E-state index contributed by atoms with van der Waals surface area (Å²) in [5, 5.41) is 19.9. The van der Waals surface area contributed by atoms with Gasteiger partial charge in [0.2, 0.25) is 37.5 Å². The van der Waals surface area contributed by atoms with Gasteiger partial charge in [0.25, 0.3) is 17.7 Å². The molecule has 5 aromatic carbocycles. The molecule has 582 valence electrons. The van der Waals surface area contributed by atoms with Crippen molar-refractivity contribution in [3.63, 3.8) is 0 Å². The summed E-state index contributed by atoms with van der Waals surface area (Å²) in [5.74, 6) is 0.872. The maximum Gasteiger partial charge on any atom is 0.273 e. The fourth-order valence-corrected chi connectivity index (χ4v) is 20.3. The van der Waals surface area contributed by atoms with Crippen molar-refractivity contribution in [1.82, 2.24) is 34.7 Å². The van der Waals surface area contributed by atoms with Crippen molar-refractivity contribution in [3.05, 3.63) is 282 Å². The third-order valence-electron chi connectivity index (χ3n) is 20.4. The molecule has 2 atom stereocenters. The number of ketones is 2. The zero-order chi connectivity index (χ0) is 79.4. The van der Waals surface area contributed by atoms with E-state index in [0.29, 0.717) is 106 Å². The molecule has 0 radical (unpaired) electrons. The minimum atomic E-state index is -3.74. The molecule has 2 fully saturated rings. The summed E-state index contributed by atoms with van der Waals surface area (Å²) in [5.41, 5.74) is 6.97. The van der Waals surface area contributed by atoms with Gasteiger partial charge in [-0.2, -0.15) is 14.4 Å². The number of hydrogen-bond donors (Lipinski definition) is 3. The number of hydrogen-bond acceptors (Lipinski definition) is 19. The number of halogens is 2. The summed E-state index contributed by atoms with van der Waals surface area (Å²) in [6.07, 6.45) is 19.1. The lowest BCUT2D eigenvalue weighted by atomic mass is 9.70. The highest BCUT2D eigenvalue weighted by atomic mass is 79.9. The topological polar surface area (TPSA) is 301 Å². The number of amides is 3. The number of nitrogens with zero attached hydrogens (tertiary/aromatic N) is 7. The Kier molecular flexibility index (Phi) is 25.1. The molecule has 6 aromatic heterocycles. The first-order valence-electron chi connectivity index (χ1n) is 36.4. The van der Waals surface area contributed by atoms with Gasteiger partial charge in [0.1, 0.15) is 23.9 Å². The monoisotopic (exact) mass is 1660 g/mol. The van der Waals surface area contributed by atoms with E-state index in [9.17, 15) is 45.2 Å². The van der Waals surface area contributed by atoms with Crippen LogP contribution in [0.3, 0.4) is 0 Å². The quantitative estimate of drug-likeness (QED) is 0.0473. The number of sulfonamides is 2. The predicted octanol–water partition coefficient (Wildman–Crippen LogP) is 16.5. The zero-order valence-corrected chi connectivity index (χ0v) is 66.9. The lowest BCUT2D eigenvalue weighted by molar-refractivity contribution is -0.128. The van der Waals surface area contributed by atoms with Gasteiger partial charge in [-0.25, -0.2) is 21.2 Å². The molecule has 2 saturated carbocycles. The maximum absolute atomic E-state index is 13.2. The highest BCUT2D eigenvalue weighted by Gasteiger charge is 2.65. The molecule has 113 heavy (non-hydrogen) atoms. The first-order valence-corrected chi connectivity index (χ1v) is 42.0. The number of carbonyl (C=O) groups excluding carboxylic acids is 5. The SMILES string of the molecule is COCC(=O)N1CCCc2ccc(NS(=O)(=O)CC34CCC(CC3=O)C4(C)C)cc21.Cn1nc(-c2ccc(F)cc2)cc1C(=O)Nc1ccccc1Cc1nc(-c2ccco2)no1.O=C(NCc1ccc(C(=O)C2=CCC=C2)s1)c1cc(-c2ccccc2)on1.O=S(=O)(c1ccccc1Br)N(CC1=CCC=C1)Cc1cccs1. The summed E-state index contributed by atoms with van der Waals surface area (Å²) < 4.78 is 92.8. The molecule has 23 nitrogen and oxygen atoms in total. The molecular weight excluding hydrogens is 1580 g/mol. The van der Waals surface area contributed by atoms with E-state index < -0.39 is 25.5 Å². The molecule has 11 aromatic rings. The highest BCUT2D eigenvalue weighted by Crippen LogP contribution is 2.64. The van der Waals surface area contributed by atoms with Crippen LogP contribution in [-0.2, 0) is 67.4 Å². The van der Waals surface area contributed by atoms with Gasteiger partial charge in [-0.15, -0.1) is 22.7 Å². The van der Waals surface area contributed by atoms with Gasteiger partial charge in [-0.1, -0.05) is 133 Å². The molecule has 16 rings (SSSR count). The molecule has 3 N–H and O–H groups in total. The number of anilines is 3. The van der Waals surface area contributed by atoms with Gasteiger partial charge in [-0.3, -0.25) is 33.4 Å². The molecule has 2 unspecified atom stereocenters. The zero-order valence-electron chi connectivity index (χ0n) is 62.1. The van der Waals surface area contributed by atoms with E-state index in [-0.39, 0.29) is 64.5 Å². The van der Waals surface area contributed by atoms with Crippen LogP contribution in [0.5, 0.6) is 0 Å². The Morgan fingerprint density at radius 2 is 1.57 bits per heavy atom. The van der Waals surface area contributed by atoms with Crippen LogP contribution in [0.25, 0.3) is 34.2 Å². The fourth-order valence-electron chi connectivity index (χ4n) is 14.3. The van der Waals surface area contributed by atoms with Crippen LogP contribution in [-0.4, -0.2) is 108 Å². The van der Waals surface area contributed by atoms with Crippen LogP contribution in [0.4, 0.5) is 21.5 Å². The third-order valence-corrected chi connectivity index (χ3v) is 26.6. The normalized spacial score (nSPS) is 16.4. The smallest absolute Gasteiger partial charge is 0.273 e. The Morgan fingerprint density at radius 1 is 0.788 bits per heavy atom. The number of nitrogens with one attached hydrogen (secondary N) is 3. The Balaban J connectivity index is 0.000000133. The average molecular weight is 1660 g/mol. The Labute approximate surface area is 669 Å². The summed E-state index contributed by atoms with van der Waals surface area (Å²) in [4.78, 5) is 71.7. The molecular formula is C84H80BrFN10O13S4. The molecule has 0 saturated heterocycles. The number of rotatable bonds is 24. The van der Waals surface area contributed by atoms with E-state index in [2.05, 4.69) is 57.8 Å². The number of ether oxygens (including phenoxy) is 1. The van der Waals surface area contributed by atoms with Crippen LogP contribution in [0.1, 0.15) is 110 Å². The second kappa shape index (κ2) is 35.4. The number of aryl methyl sites for hydroxylation is 2. The van der Waals surface area contributed by atoms with Crippen molar-refractivity contribution in [3.8, 4) is 34.2 Å². The largest absolute Gasteiger partial charge is 0.461 e. The van der Waals surface area contributed by atoms with E-state index in [0.717, 1.165) is 80.9 Å². The number of benzene rings is 5. The van der Waals surface area contributed by atoms with Crippen molar-refractivity contribution >= 4 is 105 Å². The highest BCUT2D eigenvalue weighted by molar-refractivity contribution is 9.10. The molecule has 7 heterocycles. The van der Waals surface area contributed by atoms with Crippen LogP contribution < -0.4 is 20.3 Å². The molecule has 1 aliphatic heterocycles. The fraction of sp³-hybridized carbons (Fsp3) is 0.250. The molecule has 4 aliphatic carbocycles. The van der Waals surface area contributed by atoms with Gasteiger partial charge in [0.15, 0.2) is 17.2 Å². The number of Topliss-reactive ketones (excluding diaryl/α,β-unsaturated/α-hetero) is 2. The van der Waals surface area contributed by atoms with Crippen molar-refractivity contribution in [2.24, 2.45) is 23.8 Å². The minimum Gasteiger partial charge on any atom is -0.461 e. The van der Waals surface area contributed by atoms with Crippen molar-refractivity contribution < 1.29 is 63.4 Å². The van der Waals surface area contributed by atoms with E-state index in [1.807, 2.05) is 128 Å². The van der Waals surface area contributed by atoms with E-state index >= 15 is 0 Å². The number of aromatic nitrogens is 5. The standard InChI is InChI=1S/C24H18FN5O3.C22H30N2O5S.C21H16N2O3S.C17H16BrNO2S2/c1-30-20(14-19(28-30)15-8-10-17(25)11-9-15)24(31)26-18-6-3-2-5-16(18)13-22-27-23(29-33-22)21-7-4-12-32-21;1-21(2)16-8-9-22(21,19(25)11-16)14-30(27,28)23-17-7-6-15-5-4-10-24(18(15)12-17)20(26)13-29-3;24-20(15-8-4-5-9-15)19-11-10-16(27-19)13-22-21(25)17-12-18(26-23-17)14-6-2-1-3-7-14;18-16-9-3-4-10-17(16)23(20,21)19(12-14-6-1-2-7-14)13-15-8-5-11-22-15/h2-12,14H,13H2,1H3,(H,26,31);6-7,12,16,23H,4-5,8-11,13-14H2,1-3H3;1-4,6-12H,5,13H2,(H,22,25);1,3-11H,2,12-13H2. The van der Waals surface area contributed by atoms with E-state index in [1.165, 1.54) is 41.5 Å². The van der Waals surface area contributed by atoms with Crippen LogP contribution in [0, 0.1) is 22.6 Å².